The zero-order valence-electron chi connectivity index (χ0n) is 16.2. The zero-order valence-corrected chi connectivity index (χ0v) is 16.2. The first-order chi connectivity index (χ1) is 12.1. The number of hydrogen-bond acceptors (Lipinski definition) is 3. The molecule has 1 rings (SSSR count). The molecule has 0 radical (unpaired) electrons. The van der Waals surface area contributed by atoms with Gasteiger partial charge in [-0.1, -0.05) is 64.0 Å². The number of rotatable bonds is 14. The van der Waals surface area contributed by atoms with Crippen LogP contribution in [0.4, 0.5) is 5.69 Å². The number of carboxylic acids is 1. The fraction of sp³-hybridized carbons (Fsp3) is 0.667. The Labute approximate surface area is 153 Å². The molecule has 0 aromatic heterocycles. The summed E-state index contributed by atoms with van der Waals surface area (Å²) in [5.74, 6) is -1.11. The molecule has 0 heterocycles. The van der Waals surface area contributed by atoms with Crippen molar-refractivity contribution in [3.8, 4) is 0 Å². The average Bonchev–Trinajstić information content (AvgIpc) is 2.59. The molecular weight excluding hydrogens is 314 g/mol. The van der Waals surface area contributed by atoms with Crippen LogP contribution in [0.15, 0.2) is 18.2 Å². The molecule has 4 heteroatoms. The van der Waals surface area contributed by atoms with Gasteiger partial charge in [0.2, 0.25) is 0 Å². The molecule has 1 aromatic carbocycles. The molecule has 25 heavy (non-hydrogen) atoms. The van der Waals surface area contributed by atoms with Crippen LogP contribution in [-0.2, 0) is 11.2 Å². The number of carbonyl (C=O) groups is 1. The first-order valence-electron chi connectivity index (χ1n) is 9.79. The molecule has 1 aromatic rings. The topological polar surface area (TPSA) is 53.8 Å². The monoisotopic (exact) mass is 349 g/mol. The van der Waals surface area contributed by atoms with Crippen molar-refractivity contribution in [3.05, 3.63) is 29.3 Å². The summed E-state index contributed by atoms with van der Waals surface area (Å²) in [6.07, 6.45) is 11.1. The molecule has 0 aliphatic rings. The second kappa shape index (κ2) is 12.9. The number of quaternary nitrogens is 1. The van der Waals surface area contributed by atoms with Gasteiger partial charge in [-0.25, -0.2) is 0 Å². The Morgan fingerprint density at radius 1 is 1.00 bits per heavy atom. The highest BCUT2D eigenvalue weighted by Gasteiger charge is 2.15. The Hall–Kier alpha value is -1.39. The van der Waals surface area contributed by atoms with E-state index in [2.05, 4.69) is 6.92 Å². The number of carboxylic acid groups (broad SMARTS) is 1. The quantitative estimate of drug-likeness (QED) is 0.525. The van der Waals surface area contributed by atoms with Gasteiger partial charge in [0.05, 0.1) is 32.2 Å². The zero-order chi connectivity index (χ0) is 18.5. The number of para-hydroxylation sites is 1. The van der Waals surface area contributed by atoms with E-state index in [0.29, 0.717) is 6.61 Å². The number of unbranched alkanes of at least 4 members (excludes halogenated alkanes) is 7. The van der Waals surface area contributed by atoms with E-state index >= 15 is 0 Å². The van der Waals surface area contributed by atoms with E-state index in [9.17, 15) is 9.90 Å². The van der Waals surface area contributed by atoms with Crippen molar-refractivity contribution in [1.29, 1.82) is 0 Å². The lowest BCUT2D eigenvalue weighted by Crippen LogP contribution is -3.01. The van der Waals surface area contributed by atoms with Gasteiger partial charge >= 0.3 is 0 Å². The molecule has 0 aliphatic heterocycles. The molecule has 0 aliphatic carbocycles. The van der Waals surface area contributed by atoms with Crippen LogP contribution in [0.25, 0.3) is 0 Å². The highest BCUT2D eigenvalue weighted by Crippen LogP contribution is 2.17. The molecule has 1 N–H and O–H groups in total. The van der Waals surface area contributed by atoms with Crippen molar-refractivity contribution in [3.63, 3.8) is 0 Å². The van der Waals surface area contributed by atoms with Gasteiger partial charge in [0, 0.05) is 18.6 Å². The standard InChI is InChI=1S/C21H35NO3/c1-4-5-6-7-8-9-10-11-16-25-17-15-18-13-12-14-19(21(23)24)20(18)22(2)3/h12-14H,4-11,15-17H2,1-3H3,(H,23,24). The molecule has 0 saturated carbocycles. The van der Waals surface area contributed by atoms with E-state index in [4.69, 9.17) is 4.74 Å². The molecule has 0 atom stereocenters. The fourth-order valence-electron chi connectivity index (χ4n) is 3.19. The Morgan fingerprint density at radius 3 is 2.24 bits per heavy atom. The van der Waals surface area contributed by atoms with Crippen LogP contribution in [0, 0.1) is 0 Å². The average molecular weight is 350 g/mol. The highest BCUT2D eigenvalue weighted by atomic mass is 16.5. The number of hydrogen-bond donors (Lipinski definition) is 1. The SMILES string of the molecule is CCCCCCCCCCOCCc1cccc(C(=O)[O-])c1[NH+](C)C. The van der Waals surface area contributed by atoms with Crippen molar-refractivity contribution < 1.29 is 19.5 Å². The summed E-state index contributed by atoms with van der Waals surface area (Å²) < 4.78 is 5.75. The van der Waals surface area contributed by atoms with Crippen LogP contribution in [0.3, 0.4) is 0 Å². The lowest BCUT2D eigenvalue weighted by atomic mass is 10.0. The Morgan fingerprint density at radius 2 is 1.64 bits per heavy atom. The van der Waals surface area contributed by atoms with Gasteiger partial charge in [0.1, 0.15) is 5.69 Å². The number of nitrogens with one attached hydrogen (secondary N) is 1. The summed E-state index contributed by atoms with van der Waals surface area (Å²) in [5, 5.41) is 11.3. The maximum Gasteiger partial charge on any atom is 0.143 e. The summed E-state index contributed by atoms with van der Waals surface area (Å²) in [6.45, 7) is 3.67. The molecule has 4 nitrogen and oxygen atoms in total. The van der Waals surface area contributed by atoms with Gasteiger partial charge in [0.15, 0.2) is 0 Å². The van der Waals surface area contributed by atoms with Crippen molar-refractivity contribution >= 4 is 11.7 Å². The first kappa shape index (κ1) is 21.7. The largest absolute Gasteiger partial charge is 0.545 e. The van der Waals surface area contributed by atoms with Gasteiger partial charge in [0.25, 0.3) is 0 Å². The predicted octanol–water partition coefficient (Wildman–Crippen LogP) is 2.53. The van der Waals surface area contributed by atoms with Crippen LogP contribution in [0.1, 0.15) is 74.2 Å². The minimum atomic E-state index is -1.11. The fourth-order valence-corrected chi connectivity index (χ4v) is 3.19. The molecule has 0 bridgehead atoms. The lowest BCUT2D eigenvalue weighted by Gasteiger charge is -2.17. The maximum atomic E-state index is 11.3. The maximum absolute atomic E-state index is 11.3. The third-order valence-corrected chi connectivity index (χ3v) is 4.53. The number of ether oxygens (including phenoxy) is 1. The van der Waals surface area contributed by atoms with E-state index in [0.717, 1.165) is 35.6 Å². The van der Waals surface area contributed by atoms with Crippen LogP contribution < -0.4 is 10.0 Å². The van der Waals surface area contributed by atoms with Gasteiger partial charge in [-0.05, 0) is 12.5 Å². The minimum Gasteiger partial charge on any atom is -0.545 e. The smallest absolute Gasteiger partial charge is 0.143 e. The van der Waals surface area contributed by atoms with Crippen LogP contribution in [0.2, 0.25) is 0 Å². The van der Waals surface area contributed by atoms with Crippen molar-refractivity contribution in [1.82, 2.24) is 0 Å². The summed E-state index contributed by atoms with van der Waals surface area (Å²) in [7, 11) is 3.87. The van der Waals surface area contributed by atoms with Gasteiger partial charge < -0.3 is 19.5 Å². The summed E-state index contributed by atoms with van der Waals surface area (Å²) in [6, 6.07) is 5.38. The van der Waals surface area contributed by atoms with Crippen molar-refractivity contribution in [2.75, 3.05) is 27.3 Å². The highest BCUT2D eigenvalue weighted by molar-refractivity contribution is 5.91. The van der Waals surface area contributed by atoms with Gasteiger partial charge in [-0.3, -0.25) is 0 Å². The predicted molar refractivity (Wildman–Crippen MR) is 100 cm³/mol. The van der Waals surface area contributed by atoms with Crippen molar-refractivity contribution in [2.24, 2.45) is 0 Å². The molecule has 0 spiro atoms. The van der Waals surface area contributed by atoms with E-state index in [1.165, 1.54) is 44.9 Å². The Balaban J connectivity index is 2.24. The van der Waals surface area contributed by atoms with E-state index in [-0.39, 0.29) is 5.56 Å². The summed E-state index contributed by atoms with van der Waals surface area (Å²) in [5.41, 5.74) is 2.11. The van der Waals surface area contributed by atoms with Gasteiger partial charge in [-0.2, -0.15) is 0 Å². The number of benzene rings is 1. The molecule has 0 fully saturated rings. The normalized spacial score (nSPS) is 11.2. The third kappa shape index (κ3) is 8.50. The van der Waals surface area contributed by atoms with Crippen LogP contribution in [0.5, 0.6) is 0 Å². The number of aromatic carboxylic acids is 1. The Bertz CT molecular complexity index is 500. The molecule has 0 amide bonds. The van der Waals surface area contributed by atoms with E-state index in [1.54, 1.807) is 12.1 Å². The van der Waals surface area contributed by atoms with Crippen LogP contribution in [-0.4, -0.2) is 33.3 Å². The Kier molecular flexibility index (Phi) is 11.2. The summed E-state index contributed by atoms with van der Waals surface area (Å²) >= 11 is 0. The third-order valence-electron chi connectivity index (χ3n) is 4.53. The molecule has 0 saturated heterocycles. The molecular formula is C21H35NO3. The van der Waals surface area contributed by atoms with Crippen LogP contribution >= 0.6 is 0 Å². The second-order valence-corrected chi connectivity index (χ2v) is 6.96. The lowest BCUT2D eigenvalue weighted by molar-refractivity contribution is -0.787. The molecule has 0 unspecified atom stereocenters. The first-order valence-corrected chi connectivity index (χ1v) is 9.79. The van der Waals surface area contributed by atoms with Gasteiger partial charge in [-0.15, -0.1) is 0 Å². The van der Waals surface area contributed by atoms with E-state index < -0.39 is 5.97 Å². The van der Waals surface area contributed by atoms with Crippen molar-refractivity contribution in [2.45, 2.75) is 64.7 Å². The molecule has 142 valence electrons. The minimum absolute atomic E-state index is 0.278. The van der Waals surface area contributed by atoms with E-state index in [1.807, 2.05) is 20.2 Å². The second-order valence-electron chi connectivity index (χ2n) is 6.96. The number of carbonyl (C=O) groups excluding carboxylic acids is 1. The summed E-state index contributed by atoms with van der Waals surface area (Å²) in [4.78, 5) is 12.3.